The number of carbonyl (C=O) groups is 1. The van der Waals surface area contributed by atoms with E-state index in [1.54, 1.807) is 24.3 Å². The van der Waals surface area contributed by atoms with Gasteiger partial charge < -0.3 is 9.94 Å². The average molecular weight is 295 g/mol. The third-order valence-corrected chi connectivity index (χ3v) is 3.31. The molecule has 22 heavy (non-hydrogen) atoms. The zero-order chi connectivity index (χ0) is 15.5. The molecular formula is C17H13NO4. The Hall–Kier alpha value is -3.08. The van der Waals surface area contributed by atoms with E-state index in [9.17, 15) is 14.7 Å². The van der Waals surface area contributed by atoms with Crippen LogP contribution >= 0.6 is 0 Å². The minimum Gasteiger partial charge on any atom is -0.476 e. The predicted octanol–water partition coefficient (Wildman–Crippen LogP) is 2.33. The van der Waals surface area contributed by atoms with Crippen molar-refractivity contribution in [3.63, 3.8) is 0 Å². The number of hydrogen-bond acceptors (Lipinski definition) is 3. The lowest BCUT2D eigenvalue weighted by molar-refractivity contribution is 0.0541. The summed E-state index contributed by atoms with van der Waals surface area (Å²) in [6.07, 6.45) is 0. The number of aromatic carboxylic acids is 1. The minimum atomic E-state index is -1.21. The van der Waals surface area contributed by atoms with Gasteiger partial charge in [0.2, 0.25) is 0 Å². The van der Waals surface area contributed by atoms with Crippen molar-refractivity contribution in [2.45, 2.75) is 6.61 Å². The van der Waals surface area contributed by atoms with E-state index < -0.39 is 11.5 Å². The summed E-state index contributed by atoms with van der Waals surface area (Å²) >= 11 is 0. The monoisotopic (exact) mass is 295 g/mol. The Morgan fingerprint density at radius 1 is 1.05 bits per heavy atom. The summed E-state index contributed by atoms with van der Waals surface area (Å²) in [5.41, 5.74) is 0.171. The molecule has 1 heterocycles. The molecule has 110 valence electrons. The Bertz CT molecular complexity index is 884. The van der Waals surface area contributed by atoms with E-state index in [1.165, 1.54) is 6.07 Å². The molecule has 0 saturated heterocycles. The van der Waals surface area contributed by atoms with Crippen LogP contribution in [0.4, 0.5) is 0 Å². The summed E-state index contributed by atoms with van der Waals surface area (Å²) in [6.45, 7) is 0.110. The van der Waals surface area contributed by atoms with Gasteiger partial charge in [-0.3, -0.25) is 4.79 Å². The van der Waals surface area contributed by atoms with Gasteiger partial charge in [0.25, 0.3) is 5.56 Å². The second-order valence-electron chi connectivity index (χ2n) is 4.78. The number of hydrogen-bond donors (Lipinski definition) is 1. The summed E-state index contributed by atoms with van der Waals surface area (Å²) in [6, 6.07) is 17.5. The van der Waals surface area contributed by atoms with Gasteiger partial charge in [-0.15, -0.1) is 4.73 Å². The van der Waals surface area contributed by atoms with Crippen molar-refractivity contribution in [2.75, 3.05) is 0 Å². The molecule has 0 saturated carbocycles. The van der Waals surface area contributed by atoms with Crippen molar-refractivity contribution in [2.24, 2.45) is 0 Å². The van der Waals surface area contributed by atoms with Crippen molar-refractivity contribution in [1.82, 2.24) is 4.73 Å². The molecule has 2 aromatic carbocycles. The van der Waals surface area contributed by atoms with E-state index in [-0.39, 0.29) is 12.3 Å². The molecule has 0 aliphatic heterocycles. The normalized spacial score (nSPS) is 10.5. The first-order chi connectivity index (χ1) is 10.7. The van der Waals surface area contributed by atoms with Gasteiger partial charge in [0.1, 0.15) is 6.61 Å². The fourth-order valence-electron chi connectivity index (χ4n) is 2.23. The van der Waals surface area contributed by atoms with E-state index in [4.69, 9.17) is 4.84 Å². The molecule has 0 aliphatic carbocycles. The molecule has 3 aromatic rings. The van der Waals surface area contributed by atoms with Crippen LogP contribution in [0.2, 0.25) is 0 Å². The SMILES string of the molecule is O=C(O)c1cc2ccccc2c(=O)n1OCc1ccccc1. The second kappa shape index (κ2) is 5.73. The van der Waals surface area contributed by atoms with E-state index in [0.29, 0.717) is 10.8 Å². The molecule has 0 unspecified atom stereocenters. The number of carboxylic acid groups (broad SMARTS) is 1. The summed E-state index contributed by atoms with van der Waals surface area (Å²) in [5.74, 6) is -1.21. The van der Waals surface area contributed by atoms with Crippen LogP contribution in [-0.2, 0) is 6.61 Å². The number of rotatable bonds is 4. The zero-order valence-electron chi connectivity index (χ0n) is 11.6. The Kier molecular flexibility index (Phi) is 3.62. The summed E-state index contributed by atoms with van der Waals surface area (Å²) < 4.78 is 0.845. The molecule has 3 rings (SSSR count). The lowest BCUT2D eigenvalue weighted by Crippen LogP contribution is -2.31. The van der Waals surface area contributed by atoms with E-state index in [0.717, 1.165) is 10.3 Å². The molecule has 0 aliphatic rings. The predicted molar refractivity (Wildman–Crippen MR) is 81.9 cm³/mol. The van der Waals surface area contributed by atoms with E-state index in [2.05, 4.69) is 0 Å². The van der Waals surface area contributed by atoms with Crippen LogP contribution < -0.4 is 10.4 Å². The zero-order valence-corrected chi connectivity index (χ0v) is 11.6. The molecule has 1 aromatic heterocycles. The van der Waals surface area contributed by atoms with Crippen LogP contribution in [0.3, 0.4) is 0 Å². The number of pyridine rings is 1. The van der Waals surface area contributed by atoms with Gasteiger partial charge in [0.15, 0.2) is 5.69 Å². The number of benzene rings is 2. The number of aromatic nitrogens is 1. The third kappa shape index (κ3) is 2.56. The first-order valence-electron chi connectivity index (χ1n) is 6.72. The number of carboxylic acids is 1. The van der Waals surface area contributed by atoms with Gasteiger partial charge in [0, 0.05) is 0 Å². The second-order valence-corrected chi connectivity index (χ2v) is 4.78. The minimum absolute atomic E-state index is 0.110. The highest BCUT2D eigenvalue weighted by Crippen LogP contribution is 2.12. The Morgan fingerprint density at radius 2 is 1.73 bits per heavy atom. The summed E-state index contributed by atoms with van der Waals surface area (Å²) in [4.78, 5) is 29.3. The van der Waals surface area contributed by atoms with Crippen molar-refractivity contribution < 1.29 is 14.7 Å². The molecule has 0 radical (unpaired) electrons. The van der Waals surface area contributed by atoms with Crippen LogP contribution in [0.1, 0.15) is 16.1 Å². The molecule has 0 fully saturated rings. The maximum atomic E-state index is 12.4. The van der Waals surface area contributed by atoms with Gasteiger partial charge in [-0.05, 0) is 23.1 Å². The Balaban J connectivity index is 2.07. The van der Waals surface area contributed by atoms with Crippen LogP contribution in [0, 0.1) is 0 Å². The fourth-order valence-corrected chi connectivity index (χ4v) is 2.23. The van der Waals surface area contributed by atoms with Gasteiger partial charge in [-0.1, -0.05) is 48.5 Å². The Morgan fingerprint density at radius 3 is 2.45 bits per heavy atom. The first kappa shape index (κ1) is 13.9. The lowest BCUT2D eigenvalue weighted by Gasteiger charge is -2.12. The van der Waals surface area contributed by atoms with Gasteiger partial charge >= 0.3 is 5.97 Å². The van der Waals surface area contributed by atoms with Crippen molar-refractivity contribution in [3.8, 4) is 0 Å². The molecule has 0 spiro atoms. The van der Waals surface area contributed by atoms with Crippen LogP contribution in [0.5, 0.6) is 0 Å². The standard InChI is InChI=1S/C17H13NO4/c19-16-14-9-5-4-8-13(14)10-15(17(20)21)18(16)22-11-12-6-2-1-3-7-12/h1-10H,11H2,(H,20,21). The number of fused-ring (bicyclic) bond motifs is 1. The van der Waals surface area contributed by atoms with Crippen molar-refractivity contribution >= 4 is 16.7 Å². The van der Waals surface area contributed by atoms with Crippen molar-refractivity contribution in [3.05, 3.63) is 82.3 Å². The van der Waals surface area contributed by atoms with Gasteiger partial charge in [0.05, 0.1) is 5.39 Å². The first-order valence-corrected chi connectivity index (χ1v) is 6.72. The highest BCUT2D eigenvalue weighted by Gasteiger charge is 2.15. The topological polar surface area (TPSA) is 68.5 Å². The maximum Gasteiger partial charge on any atom is 0.356 e. The van der Waals surface area contributed by atoms with E-state index >= 15 is 0 Å². The fraction of sp³-hybridized carbons (Fsp3) is 0.0588. The third-order valence-electron chi connectivity index (χ3n) is 3.31. The number of nitrogens with zero attached hydrogens (tertiary/aromatic N) is 1. The largest absolute Gasteiger partial charge is 0.476 e. The van der Waals surface area contributed by atoms with Gasteiger partial charge in [-0.25, -0.2) is 4.79 Å². The molecule has 5 heteroatoms. The van der Waals surface area contributed by atoms with E-state index in [1.807, 2.05) is 30.3 Å². The van der Waals surface area contributed by atoms with Gasteiger partial charge in [-0.2, -0.15) is 0 Å². The van der Waals surface area contributed by atoms with Crippen molar-refractivity contribution in [1.29, 1.82) is 0 Å². The average Bonchev–Trinajstić information content (AvgIpc) is 2.54. The highest BCUT2D eigenvalue weighted by atomic mass is 16.7. The summed E-state index contributed by atoms with van der Waals surface area (Å²) in [7, 11) is 0. The molecule has 0 atom stereocenters. The van der Waals surface area contributed by atoms with Crippen LogP contribution in [0.15, 0.2) is 65.5 Å². The lowest BCUT2D eigenvalue weighted by atomic mass is 10.1. The smallest absolute Gasteiger partial charge is 0.356 e. The summed E-state index contributed by atoms with van der Waals surface area (Å²) in [5, 5.41) is 10.3. The quantitative estimate of drug-likeness (QED) is 0.802. The van der Waals surface area contributed by atoms with Crippen LogP contribution in [-0.4, -0.2) is 15.8 Å². The molecule has 1 N–H and O–H groups in total. The highest BCUT2D eigenvalue weighted by molar-refractivity contribution is 5.92. The molecule has 0 bridgehead atoms. The molecule has 5 nitrogen and oxygen atoms in total. The molecular weight excluding hydrogens is 282 g/mol. The Labute approximate surface area is 126 Å². The molecule has 0 amide bonds. The van der Waals surface area contributed by atoms with Crippen LogP contribution in [0.25, 0.3) is 10.8 Å². The maximum absolute atomic E-state index is 12.4.